The van der Waals surface area contributed by atoms with E-state index in [-0.39, 0.29) is 5.78 Å². The van der Waals surface area contributed by atoms with Gasteiger partial charge in [-0.2, -0.15) is 0 Å². The molecule has 0 unspecified atom stereocenters. The SMILES string of the molecule is O=C(/C=C/n1c(=O)oc2ccccc21)c1ccccc1. The fourth-order valence-corrected chi connectivity index (χ4v) is 1.97. The molecule has 0 spiro atoms. The molecule has 0 atom stereocenters. The smallest absolute Gasteiger partial charge is 0.407 e. The first kappa shape index (κ1) is 12.2. The zero-order chi connectivity index (χ0) is 13.9. The van der Waals surface area contributed by atoms with Crippen LogP contribution in [0, 0.1) is 0 Å². The Hall–Kier alpha value is -2.88. The van der Waals surface area contributed by atoms with Crippen molar-refractivity contribution in [2.75, 3.05) is 0 Å². The van der Waals surface area contributed by atoms with E-state index in [1.54, 1.807) is 48.5 Å². The van der Waals surface area contributed by atoms with Crippen molar-refractivity contribution in [2.45, 2.75) is 0 Å². The van der Waals surface area contributed by atoms with Crippen molar-refractivity contribution in [1.29, 1.82) is 0 Å². The topological polar surface area (TPSA) is 52.2 Å². The van der Waals surface area contributed by atoms with E-state index in [1.807, 2.05) is 6.07 Å². The molecule has 0 aliphatic carbocycles. The van der Waals surface area contributed by atoms with Gasteiger partial charge in [0.2, 0.25) is 0 Å². The number of carbonyl (C=O) groups is 1. The molecule has 3 rings (SSSR count). The van der Waals surface area contributed by atoms with Gasteiger partial charge < -0.3 is 4.42 Å². The number of carbonyl (C=O) groups excluding carboxylic acids is 1. The molecule has 4 nitrogen and oxygen atoms in total. The number of nitrogens with zero attached hydrogens (tertiary/aromatic N) is 1. The van der Waals surface area contributed by atoms with Gasteiger partial charge in [-0.05, 0) is 12.1 Å². The van der Waals surface area contributed by atoms with Crippen molar-refractivity contribution >= 4 is 23.1 Å². The van der Waals surface area contributed by atoms with Gasteiger partial charge in [-0.3, -0.25) is 4.79 Å². The van der Waals surface area contributed by atoms with Gasteiger partial charge in [0, 0.05) is 17.8 Å². The number of rotatable bonds is 3. The first-order valence-corrected chi connectivity index (χ1v) is 6.13. The minimum absolute atomic E-state index is 0.164. The number of para-hydroxylation sites is 2. The molecule has 0 amide bonds. The summed E-state index contributed by atoms with van der Waals surface area (Å²) in [7, 11) is 0. The van der Waals surface area contributed by atoms with E-state index in [0.717, 1.165) is 0 Å². The minimum atomic E-state index is -0.511. The van der Waals surface area contributed by atoms with Crippen LogP contribution in [0.3, 0.4) is 0 Å². The van der Waals surface area contributed by atoms with E-state index in [0.29, 0.717) is 16.7 Å². The second-order valence-electron chi connectivity index (χ2n) is 4.25. The summed E-state index contributed by atoms with van der Waals surface area (Å²) in [5, 5.41) is 0. The van der Waals surface area contributed by atoms with Gasteiger partial charge in [0.25, 0.3) is 0 Å². The lowest BCUT2D eigenvalue weighted by molar-refractivity contribution is 0.104. The van der Waals surface area contributed by atoms with Crippen LogP contribution in [0.1, 0.15) is 10.4 Å². The average molecular weight is 265 g/mol. The summed E-state index contributed by atoms with van der Waals surface area (Å²) in [6.07, 6.45) is 2.79. The lowest BCUT2D eigenvalue weighted by atomic mass is 10.1. The lowest BCUT2D eigenvalue weighted by Crippen LogP contribution is -2.08. The number of allylic oxidation sites excluding steroid dienone is 1. The van der Waals surface area contributed by atoms with Crippen molar-refractivity contribution in [3.8, 4) is 0 Å². The number of aromatic nitrogens is 1. The van der Waals surface area contributed by atoms with E-state index >= 15 is 0 Å². The Bertz CT molecular complexity index is 841. The van der Waals surface area contributed by atoms with E-state index in [2.05, 4.69) is 0 Å². The third kappa shape index (κ3) is 2.19. The molecular weight excluding hydrogens is 254 g/mol. The van der Waals surface area contributed by atoms with Crippen LogP contribution in [0.2, 0.25) is 0 Å². The molecule has 98 valence electrons. The number of benzene rings is 2. The number of ketones is 1. The number of hydrogen-bond donors (Lipinski definition) is 0. The summed E-state index contributed by atoms with van der Waals surface area (Å²) in [5.41, 5.74) is 1.70. The van der Waals surface area contributed by atoms with E-state index in [1.165, 1.54) is 16.8 Å². The van der Waals surface area contributed by atoms with Crippen molar-refractivity contribution < 1.29 is 9.21 Å². The number of oxazole rings is 1. The highest BCUT2D eigenvalue weighted by Crippen LogP contribution is 2.12. The summed E-state index contributed by atoms with van der Waals surface area (Å²) in [5.74, 6) is -0.675. The lowest BCUT2D eigenvalue weighted by Gasteiger charge is -1.95. The summed E-state index contributed by atoms with van der Waals surface area (Å²) >= 11 is 0. The predicted molar refractivity (Wildman–Crippen MR) is 76.6 cm³/mol. The number of fused-ring (bicyclic) bond motifs is 1. The van der Waals surface area contributed by atoms with Crippen molar-refractivity contribution in [3.05, 3.63) is 76.8 Å². The second kappa shape index (κ2) is 5.01. The van der Waals surface area contributed by atoms with Gasteiger partial charge in [0.05, 0.1) is 5.52 Å². The molecule has 3 aromatic rings. The third-order valence-corrected chi connectivity index (χ3v) is 2.95. The molecule has 0 aliphatic rings. The van der Waals surface area contributed by atoms with Gasteiger partial charge in [-0.1, -0.05) is 42.5 Å². The van der Waals surface area contributed by atoms with Crippen LogP contribution in [0.15, 0.2) is 69.9 Å². The highest BCUT2D eigenvalue weighted by atomic mass is 16.4. The Balaban J connectivity index is 1.97. The zero-order valence-electron chi connectivity index (χ0n) is 10.5. The van der Waals surface area contributed by atoms with Crippen molar-refractivity contribution in [2.24, 2.45) is 0 Å². The maximum Gasteiger partial charge on any atom is 0.424 e. The molecule has 20 heavy (non-hydrogen) atoms. The molecule has 0 aliphatic heterocycles. The molecule has 0 saturated carbocycles. The monoisotopic (exact) mass is 265 g/mol. The summed E-state index contributed by atoms with van der Waals surface area (Å²) in [6.45, 7) is 0. The van der Waals surface area contributed by atoms with E-state index < -0.39 is 5.76 Å². The molecule has 2 aromatic carbocycles. The van der Waals surface area contributed by atoms with Crippen LogP contribution in [0.5, 0.6) is 0 Å². The van der Waals surface area contributed by atoms with Crippen molar-refractivity contribution in [1.82, 2.24) is 4.57 Å². The van der Waals surface area contributed by atoms with Crippen LogP contribution in [0.4, 0.5) is 0 Å². The maximum atomic E-state index is 12.0. The molecule has 0 fully saturated rings. The van der Waals surface area contributed by atoms with Gasteiger partial charge in [-0.15, -0.1) is 0 Å². The maximum absolute atomic E-state index is 12.0. The molecule has 0 saturated heterocycles. The molecule has 4 heteroatoms. The Labute approximate surface area is 114 Å². The average Bonchev–Trinajstić information content (AvgIpc) is 2.81. The van der Waals surface area contributed by atoms with Gasteiger partial charge in [-0.25, -0.2) is 9.36 Å². The Morgan fingerprint density at radius 1 is 1.00 bits per heavy atom. The fraction of sp³-hybridized carbons (Fsp3) is 0. The summed E-state index contributed by atoms with van der Waals surface area (Å²) in [4.78, 5) is 23.7. The van der Waals surface area contributed by atoms with E-state index in [9.17, 15) is 9.59 Å². The highest BCUT2D eigenvalue weighted by molar-refractivity contribution is 6.06. The van der Waals surface area contributed by atoms with E-state index in [4.69, 9.17) is 4.42 Å². The molecule has 0 bridgehead atoms. The van der Waals surface area contributed by atoms with Crippen LogP contribution >= 0.6 is 0 Å². The molecule has 1 heterocycles. The molecule has 0 radical (unpaired) electrons. The molecular formula is C16H11NO3. The van der Waals surface area contributed by atoms with Crippen molar-refractivity contribution in [3.63, 3.8) is 0 Å². The normalized spacial score (nSPS) is 11.2. The molecule has 0 N–H and O–H groups in total. The first-order valence-electron chi connectivity index (χ1n) is 6.13. The zero-order valence-corrected chi connectivity index (χ0v) is 10.5. The Morgan fingerprint density at radius 3 is 2.50 bits per heavy atom. The quantitative estimate of drug-likeness (QED) is 0.540. The summed E-state index contributed by atoms with van der Waals surface area (Å²) < 4.78 is 6.40. The highest BCUT2D eigenvalue weighted by Gasteiger charge is 2.06. The molecule has 1 aromatic heterocycles. The Morgan fingerprint density at radius 2 is 1.70 bits per heavy atom. The standard InChI is InChI=1S/C16H11NO3/c18-14(12-6-2-1-3-7-12)10-11-17-13-8-4-5-9-15(13)20-16(17)19/h1-11H/b11-10+. The number of hydrogen-bond acceptors (Lipinski definition) is 3. The third-order valence-electron chi connectivity index (χ3n) is 2.95. The van der Waals surface area contributed by atoms with Gasteiger partial charge in [0.1, 0.15) is 0 Å². The fourth-order valence-electron chi connectivity index (χ4n) is 1.97. The van der Waals surface area contributed by atoms with Crippen LogP contribution in [-0.4, -0.2) is 10.4 Å². The second-order valence-corrected chi connectivity index (χ2v) is 4.25. The van der Waals surface area contributed by atoms with Gasteiger partial charge >= 0.3 is 5.76 Å². The van der Waals surface area contributed by atoms with Gasteiger partial charge in [0.15, 0.2) is 11.4 Å². The van der Waals surface area contributed by atoms with Crippen LogP contribution in [0.25, 0.3) is 17.3 Å². The predicted octanol–water partition coefficient (Wildman–Crippen LogP) is 2.95. The Kier molecular flexibility index (Phi) is 3.05. The van der Waals surface area contributed by atoms with Crippen LogP contribution in [-0.2, 0) is 0 Å². The minimum Gasteiger partial charge on any atom is -0.407 e. The largest absolute Gasteiger partial charge is 0.424 e. The van der Waals surface area contributed by atoms with Crippen LogP contribution < -0.4 is 5.76 Å². The summed E-state index contributed by atoms with van der Waals surface area (Å²) in [6, 6.07) is 15.9. The first-order chi connectivity index (χ1) is 9.75.